The summed E-state index contributed by atoms with van der Waals surface area (Å²) in [6.07, 6.45) is 0.522. The molecule has 0 saturated heterocycles. The van der Waals surface area contributed by atoms with Crippen LogP contribution in [-0.2, 0) is 11.2 Å². The van der Waals surface area contributed by atoms with Crippen molar-refractivity contribution in [2.45, 2.75) is 6.42 Å². The van der Waals surface area contributed by atoms with Crippen LogP contribution in [0.15, 0.2) is 18.2 Å². The zero-order chi connectivity index (χ0) is 10.8. The van der Waals surface area contributed by atoms with E-state index in [0.29, 0.717) is 6.42 Å². The topological polar surface area (TPSA) is 55.8 Å². The third-order valence-electron chi connectivity index (χ3n) is 2.53. The fourth-order valence-corrected chi connectivity index (χ4v) is 1.64. The van der Waals surface area contributed by atoms with Crippen LogP contribution in [0.2, 0.25) is 0 Å². The Kier molecular flexibility index (Phi) is 2.49. The van der Waals surface area contributed by atoms with Crippen LogP contribution in [-0.4, -0.2) is 24.8 Å². The Morgan fingerprint density at radius 3 is 3.07 bits per heavy atom. The number of rotatable bonds is 2. The number of hydrogen-bond donors (Lipinski definition) is 1. The molecule has 2 rings (SSSR count). The van der Waals surface area contributed by atoms with Gasteiger partial charge in [-0.05, 0) is 18.1 Å². The van der Waals surface area contributed by atoms with Gasteiger partial charge >= 0.3 is 5.97 Å². The molecule has 0 saturated carbocycles. The molecule has 1 atom stereocenters. The van der Waals surface area contributed by atoms with E-state index >= 15 is 0 Å². The van der Waals surface area contributed by atoms with Crippen molar-refractivity contribution in [3.8, 4) is 11.5 Å². The Labute approximate surface area is 87.4 Å². The molecule has 0 aromatic heterocycles. The van der Waals surface area contributed by atoms with E-state index in [9.17, 15) is 4.79 Å². The summed E-state index contributed by atoms with van der Waals surface area (Å²) in [6.45, 7) is 0.232. The first-order valence-corrected chi connectivity index (χ1v) is 4.73. The second kappa shape index (κ2) is 3.81. The molecule has 0 unspecified atom stereocenters. The Hall–Kier alpha value is -1.71. The lowest BCUT2D eigenvalue weighted by Gasteiger charge is -2.22. The number of carboxylic acid groups (broad SMARTS) is 1. The number of ether oxygens (including phenoxy) is 2. The van der Waals surface area contributed by atoms with Gasteiger partial charge in [0.2, 0.25) is 0 Å². The van der Waals surface area contributed by atoms with Crippen LogP contribution in [0, 0.1) is 5.92 Å². The molecule has 1 N–H and O–H groups in total. The van der Waals surface area contributed by atoms with Crippen LogP contribution in [0.4, 0.5) is 0 Å². The van der Waals surface area contributed by atoms with Crippen molar-refractivity contribution in [2.75, 3.05) is 13.7 Å². The van der Waals surface area contributed by atoms with Gasteiger partial charge in [-0.15, -0.1) is 0 Å². The van der Waals surface area contributed by atoms with Gasteiger partial charge in [0.25, 0.3) is 0 Å². The minimum atomic E-state index is -0.809. The monoisotopic (exact) mass is 208 g/mol. The number of benzene rings is 1. The van der Waals surface area contributed by atoms with Gasteiger partial charge in [-0.1, -0.05) is 6.07 Å². The molecule has 4 nitrogen and oxygen atoms in total. The predicted molar refractivity (Wildman–Crippen MR) is 53.3 cm³/mol. The Morgan fingerprint density at radius 2 is 2.40 bits per heavy atom. The van der Waals surface area contributed by atoms with Gasteiger partial charge in [-0.2, -0.15) is 0 Å². The van der Waals surface area contributed by atoms with E-state index in [2.05, 4.69) is 0 Å². The fourth-order valence-electron chi connectivity index (χ4n) is 1.64. The molecule has 1 aliphatic rings. The van der Waals surface area contributed by atoms with E-state index in [1.165, 1.54) is 0 Å². The predicted octanol–water partition coefficient (Wildman–Crippen LogP) is 1.33. The van der Waals surface area contributed by atoms with Crippen LogP contribution in [0.5, 0.6) is 11.5 Å². The first kappa shape index (κ1) is 9.83. The smallest absolute Gasteiger partial charge is 0.310 e. The van der Waals surface area contributed by atoms with Gasteiger partial charge in [-0.3, -0.25) is 4.79 Å². The molecule has 1 heterocycles. The molecule has 0 spiro atoms. The van der Waals surface area contributed by atoms with Crippen LogP contribution in [0.1, 0.15) is 5.56 Å². The van der Waals surface area contributed by atoms with E-state index < -0.39 is 11.9 Å². The number of hydrogen-bond acceptors (Lipinski definition) is 3. The molecule has 1 aromatic rings. The second-order valence-electron chi connectivity index (χ2n) is 3.52. The molecule has 0 bridgehead atoms. The van der Waals surface area contributed by atoms with E-state index in [4.69, 9.17) is 14.6 Å². The van der Waals surface area contributed by atoms with Crippen molar-refractivity contribution in [3.05, 3.63) is 23.8 Å². The van der Waals surface area contributed by atoms with Crippen molar-refractivity contribution >= 4 is 5.97 Å². The summed E-state index contributed by atoms with van der Waals surface area (Å²) in [7, 11) is 1.59. The summed E-state index contributed by atoms with van der Waals surface area (Å²) < 4.78 is 10.4. The molecule has 0 aliphatic carbocycles. The van der Waals surface area contributed by atoms with Gasteiger partial charge in [0.1, 0.15) is 18.1 Å². The Morgan fingerprint density at radius 1 is 1.60 bits per heavy atom. The zero-order valence-electron chi connectivity index (χ0n) is 8.40. The molecule has 15 heavy (non-hydrogen) atoms. The molecule has 0 fully saturated rings. The largest absolute Gasteiger partial charge is 0.497 e. The third-order valence-corrected chi connectivity index (χ3v) is 2.53. The summed E-state index contributed by atoms with van der Waals surface area (Å²) in [5.74, 6) is 0.205. The van der Waals surface area contributed by atoms with Crippen LogP contribution in [0.3, 0.4) is 0 Å². The summed E-state index contributed by atoms with van der Waals surface area (Å²) in [5, 5.41) is 8.86. The van der Waals surface area contributed by atoms with Gasteiger partial charge in [0, 0.05) is 6.07 Å². The van der Waals surface area contributed by atoms with Crippen molar-refractivity contribution in [1.29, 1.82) is 0 Å². The van der Waals surface area contributed by atoms with Gasteiger partial charge < -0.3 is 14.6 Å². The van der Waals surface area contributed by atoms with Crippen molar-refractivity contribution < 1.29 is 19.4 Å². The quantitative estimate of drug-likeness (QED) is 0.796. The first-order valence-electron chi connectivity index (χ1n) is 4.73. The van der Waals surface area contributed by atoms with E-state index in [1.807, 2.05) is 12.1 Å². The Bertz CT molecular complexity index is 386. The lowest BCUT2D eigenvalue weighted by molar-refractivity contribution is -0.143. The molecule has 0 radical (unpaired) electrons. The lowest BCUT2D eigenvalue weighted by atomic mass is 9.97. The highest BCUT2D eigenvalue weighted by molar-refractivity contribution is 5.71. The number of carbonyl (C=O) groups is 1. The molecule has 1 aliphatic heterocycles. The van der Waals surface area contributed by atoms with Gasteiger partial charge in [0.05, 0.1) is 13.0 Å². The average Bonchev–Trinajstić information content (AvgIpc) is 2.27. The minimum Gasteiger partial charge on any atom is -0.497 e. The summed E-state index contributed by atoms with van der Waals surface area (Å²) in [6, 6.07) is 5.45. The average molecular weight is 208 g/mol. The van der Waals surface area contributed by atoms with Crippen LogP contribution in [0.25, 0.3) is 0 Å². The fraction of sp³-hybridized carbons (Fsp3) is 0.364. The highest BCUT2D eigenvalue weighted by atomic mass is 16.5. The van der Waals surface area contributed by atoms with E-state index in [0.717, 1.165) is 17.1 Å². The number of carboxylic acids is 1. The normalized spacial score (nSPS) is 18.9. The SMILES string of the molecule is COc1ccc2c(c1)OC[C@H](C(=O)O)C2. The van der Waals surface area contributed by atoms with E-state index in [-0.39, 0.29) is 6.61 Å². The standard InChI is InChI=1S/C11H12O4/c1-14-9-3-2-7-4-8(11(12)13)6-15-10(7)5-9/h2-3,5,8H,4,6H2,1H3,(H,12,13)/t8-/m1/s1. The summed E-state index contributed by atoms with van der Waals surface area (Å²) in [5.41, 5.74) is 0.925. The van der Waals surface area contributed by atoms with Crippen LogP contribution >= 0.6 is 0 Å². The van der Waals surface area contributed by atoms with Crippen molar-refractivity contribution in [2.24, 2.45) is 5.92 Å². The summed E-state index contributed by atoms with van der Waals surface area (Å²) in [4.78, 5) is 10.8. The first-order chi connectivity index (χ1) is 7.20. The van der Waals surface area contributed by atoms with Gasteiger partial charge in [-0.25, -0.2) is 0 Å². The highest BCUT2D eigenvalue weighted by Gasteiger charge is 2.25. The van der Waals surface area contributed by atoms with E-state index in [1.54, 1.807) is 13.2 Å². The molecule has 80 valence electrons. The maximum atomic E-state index is 10.8. The molecule has 0 amide bonds. The molecule has 1 aromatic carbocycles. The number of aliphatic carboxylic acids is 1. The summed E-state index contributed by atoms with van der Waals surface area (Å²) >= 11 is 0. The minimum absolute atomic E-state index is 0.232. The number of methoxy groups -OCH3 is 1. The maximum Gasteiger partial charge on any atom is 0.310 e. The number of fused-ring (bicyclic) bond motifs is 1. The Balaban J connectivity index is 2.24. The third kappa shape index (κ3) is 1.88. The maximum absolute atomic E-state index is 10.8. The second-order valence-corrected chi connectivity index (χ2v) is 3.52. The van der Waals surface area contributed by atoms with Crippen molar-refractivity contribution in [3.63, 3.8) is 0 Å². The van der Waals surface area contributed by atoms with Crippen molar-refractivity contribution in [1.82, 2.24) is 0 Å². The zero-order valence-corrected chi connectivity index (χ0v) is 8.40. The molecule has 4 heteroatoms. The molecular weight excluding hydrogens is 196 g/mol. The lowest BCUT2D eigenvalue weighted by Crippen LogP contribution is -2.27. The highest BCUT2D eigenvalue weighted by Crippen LogP contribution is 2.30. The van der Waals surface area contributed by atoms with Crippen LogP contribution < -0.4 is 9.47 Å². The molecular formula is C11H12O4. The van der Waals surface area contributed by atoms with Gasteiger partial charge in [0.15, 0.2) is 0 Å².